The first-order valence-corrected chi connectivity index (χ1v) is 10.8. The summed E-state index contributed by atoms with van der Waals surface area (Å²) in [6.07, 6.45) is 14.0. The van der Waals surface area contributed by atoms with E-state index in [1.165, 1.54) is 0 Å². The molecule has 4 heterocycles. The first kappa shape index (κ1) is 19.2. The molecular weight excluding hydrogens is 447 g/mol. The summed E-state index contributed by atoms with van der Waals surface area (Å²) in [5.41, 5.74) is 2.68. The number of imidazole rings is 1. The maximum absolute atomic E-state index is 6.22. The number of halogens is 2. The first-order chi connectivity index (χ1) is 15.6. The van der Waals surface area contributed by atoms with Crippen LogP contribution in [0.3, 0.4) is 0 Å². The molecular formula is C22H16Cl2N8. The molecule has 8 nitrogen and oxygen atoms in total. The molecule has 4 aromatic rings. The summed E-state index contributed by atoms with van der Waals surface area (Å²) < 4.78 is 3.78. The summed E-state index contributed by atoms with van der Waals surface area (Å²) in [7, 11) is 0. The minimum Gasteiger partial charge on any atom is -0.314 e. The molecule has 0 fully saturated rings. The molecule has 0 radical (unpaired) electrons. The van der Waals surface area contributed by atoms with Crippen LogP contribution in [0, 0.1) is 0 Å². The molecule has 6 rings (SSSR count). The standard InChI is InChI=1S/C22H16Cl2N8/c1-2-17-21-29-27-12-31(21)18-11-26-22(28-20(18)32(17)16-4-3-5-16)30-7-6-25-19(30)13-8-14(23)10-15(24)9-13/h3-12,17H,2H2,1H3/t17-/m1/s1. The fourth-order valence-electron chi connectivity index (χ4n) is 4.11. The second-order valence-electron chi connectivity index (χ2n) is 7.46. The van der Waals surface area contributed by atoms with Crippen LogP contribution in [0.5, 0.6) is 0 Å². The Labute approximate surface area is 193 Å². The quantitative estimate of drug-likeness (QED) is 0.427. The molecule has 1 aromatic carbocycles. The topological polar surface area (TPSA) is 77.5 Å². The molecule has 0 bridgehead atoms. The fraction of sp³-hybridized carbons (Fsp3) is 0.136. The van der Waals surface area contributed by atoms with Gasteiger partial charge in [0.1, 0.15) is 17.8 Å². The van der Waals surface area contributed by atoms with Crippen molar-refractivity contribution in [1.82, 2.24) is 34.3 Å². The third-order valence-corrected chi connectivity index (χ3v) is 6.02. The third-order valence-electron chi connectivity index (χ3n) is 5.58. The molecule has 2 aliphatic rings. The van der Waals surface area contributed by atoms with Gasteiger partial charge in [-0.3, -0.25) is 9.13 Å². The van der Waals surface area contributed by atoms with Gasteiger partial charge in [0.05, 0.1) is 12.2 Å². The Morgan fingerprint density at radius 1 is 1.06 bits per heavy atom. The monoisotopic (exact) mass is 462 g/mol. The number of benzene rings is 1. The van der Waals surface area contributed by atoms with E-state index in [2.05, 4.69) is 44.1 Å². The minimum atomic E-state index is 0.0120. The molecule has 0 N–H and O–H groups in total. The van der Waals surface area contributed by atoms with Crippen LogP contribution in [-0.4, -0.2) is 34.3 Å². The van der Waals surface area contributed by atoms with E-state index in [1.54, 1.807) is 24.8 Å². The summed E-state index contributed by atoms with van der Waals surface area (Å²) in [6.45, 7) is 2.13. The average molecular weight is 463 g/mol. The number of hydrogen-bond donors (Lipinski definition) is 0. The highest BCUT2D eigenvalue weighted by molar-refractivity contribution is 6.35. The van der Waals surface area contributed by atoms with Gasteiger partial charge in [-0.05, 0) is 36.8 Å². The average Bonchev–Trinajstić information content (AvgIpc) is 3.41. The Hall–Kier alpha value is -3.49. The van der Waals surface area contributed by atoms with E-state index in [0.717, 1.165) is 35.0 Å². The predicted octanol–water partition coefficient (Wildman–Crippen LogP) is 4.94. The van der Waals surface area contributed by atoms with Gasteiger partial charge in [-0.1, -0.05) is 36.2 Å². The number of anilines is 1. The largest absolute Gasteiger partial charge is 0.314 e. The number of rotatable bonds is 4. The molecule has 10 heteroatoms. The number of allylic oxidation sites excluding steroid dienone is 3. The Bertz CT molecular complexity index is 1400. The summed E-state index contributed by atoms with van der Waals surface area (Å²) in [6, 6.07) is 5.34. The molecule has 0 unspecified atom stereocenters. The smallest absolute Gasteiger partial charge is 0.237 e. The minimum absolute atomic E-state index is 0.0120. The Morgan fingerprint density at radius 2 is 1.88 bits per heavy atom. The second kappa shape index (κ2) is 7.29. The van der Waals surface area contributed by atoms with Gasteiger partial charge in [-0.25, -0.2) is 9.97 Å². The van der Waals surface area contributed by atoms with Crippen LogP contribution in [0.1, 0.15) is 25.2 Å². The Morgan fingerprint density at radius 3 is 2.59 bits per heavy atom. The molecule has 1 aliphatic carbocycles. The van der Waals surface area contributed by atoms with E-state index in [-0.39, 0.29) is 6.04 Å². The van der Waals surface area contributed by atoms with Gasteiger partial charge < -0.3 is 4.90 Å². The van der Waals surface area contributed by atoms with Crippen molar-refractivity contribution in [2.45, 2.75) is 19.4 Å². The third kappa shape index (κ3) is 2.87. The molecule has 3 aromatic heterocycles. The Kier molecular flexibility index (Phi) is 4.38. The maximum atomic E-state index is 6.22. The molecule has 0 saturated heterocycles. The van der Waals surface area contributed by atoms with Gasteiger partial charge in [0.15, 0.2) is 11.6 Å². The lowest BCUT2D eigenvalue weighted by molar-refractivity contribution is 0.574. The van der Waals surface area contributed by atoms with Crippen molar-refractivity contribution in [2.75, 3.05) is 4.90 Å². The van der Waals surface area contributed by atoms with Crippen LogP contribution in [0.15, 0.2) is 67.0 Å². The van der Waals surface area contributed by atoms with Crippen molar-refractivity contribution in [2.24, 2.45) is 0 Å². The van der Waals surface area contributed by atoms with E-state index >= 15 is 0 Å². The van der Waals surface area contributed by atoms with Crippen molar-refractivity contribution in [3.8, 4) is 23.0 Å². The maximum Gasteiger partial charge on any atom is 0.237 e. The predicted molar refractivity (Wildman–Crippen MR) is 122 cm³/mol. The summed E-state index contributed by atoms with van der Waals surface area (Å²) in [5, 5.41) is 9.57. The fourth-order valence-corrected chi connectivity index (χ4v) is 4.64. The highest BCUT2D eigenvalue weighted by atomic mass is 35.5. The number of fused-ring (bicyclic) bond motifs is 3. The molecule has 1 atom stereocenters. The lowest BCUT2D eigenvalue weighted by Crippen LogP contribution is -2.35. The van der Waals surface area contributed by atoms with E-state index < -0.39 is 0 Å². The van der Waals surface area contributed by atoms with Gasteiger partial charge in [0.2, 0.25) is 5.95 Å². The van der Waals surface area contributed by atoms with Gasteiger partial charge in [0.25, 0.3) is 0 Å². The summed E-state index contributed by atoms with van der Waals surface area (Å²) in [4.78, 5) is 16.3. The van der Waals surface area contributed by atoms with Gasteiger partial charge in [-0.2, -0.15) is 4.98 Å². The SMILES string of the molecule is CC[C@@H]1c2nncn2-c2cnc(-n3ccnc3-c3cc(Cl)cc(Cl)c3)nc2N1C1=CC=C1. The van der Waals surface area contributed by atoms with Gasteiger partial charge in [0, 0.05) is 33.7 Å². The zero-order chi connectivity index (χ0) is 21.8. The molecule has 32 heavy (non-hydrogen) atoms. The molecule has 1 aliphatic heterocycles. The summed E-state index contributed by atoms with van der Waals surface area (Å²) in [5.74, 6) is 2.80. The molecule has 0 amide bonds. The van der Waals surface area contributed by atoms with Crippen molar-refractivity contribution >= 4 is 29.0 Å². The zero-order valence-electron chi connectivity index (χ0n) is 16.9. The number of nitrogens with zero attached hydrogens (tertiary/aromatic N) is 8. The second-order valence-corrected chi connectivity index (χ2v) is 8.33. The van der Waals surface area contributed by atoms with Crippen LogP contribution in [-0.2, 0) is 0 Å². The first-order valence-electron chi connectivity index (χ1n) is 10.1. The van der Waals surface area contributed by atoms with Crippen LogP contribution in [0.25, 0.3) is 23.0 Å². The number of aromatic nitrogens is 7. The molecule has 158 valence electrons. The normalized spacial score (nSPS) is 16.4. The highest BCUT2D eigenvalue weighted by Gasteiger charge is 2.35. The van der Waals surface area contributed by atoms with Crippen molar-refractivity contribution in [3.05, 3.63) is 82.9 Å². The lowest BCUT2D eigenvalue weighted by atomic mass is 10.1. The van der Waals surface area contributed by atoms with Crippen LogP contribution < -0.4 is 4.90 Å². The van der Waals surface area contributed by atoms with Crippen LogP contribution in [0.4, 0.5) is 5.82 Å². The van der Waals surface area contributed by atoms with Crippen molar-refractivity contribution in [1.29, 1.82) is 0 Å². The van der Waals surface area contributed by atoms with E-state index in [4.69, 9.17) is 28.2 Å². The van der Waals surface area contributed by atoms with Crippen molar-refractivity contribution in [3.63, 3.8) is 0 Å². The molecule has 0 saturated carbocycles. The van der Waals surface area contributed by atoms with E-state index in [1.807, 2.05) is 33.5 Å². The lowest BCUT2D eigenvalue weighted by Gasteiger charge is -2.38. The van der Waals surface area contributed by atoms with E-state index in [0.29, 0.717) is 21.8 Å². The van der Waals surface area contributed by atoms with Gasteiger partial charge in [-0.15, -0.1) is 10.2 Å². The zero-order valence-corrected chi connectivity index (χ0v) is 18.4. The summed E-state index contributed by atoms with van der Waals surface area (Å²) >= 11 is 12.4. The number of hydrogen-bond acceptors (Lipinski definition) is 6. The highest BCUT2D eigenvalue weighted by Crippen LogP contribution is 2.42. The van der Waals surface area contributed by atoms with Crippen molar-refractivity contribution < 1.29 is 0 Å². The van der Waals surface area contributed by atoms with Crippen LogP contribution >= 0.6 is 23.2 Å². The van der Waals surface area contributed by atoms with E-state index in [9.17, 15) is 0 Å². The Balaban J connectivity index is 1.52. The molecule has 0 spiro atoms. The van der Waals surface area contributed by atoms with Gasteiger partial charge >= 0.3 is 0 Å². The van der Waals surface area contributed by atoms with Crippen LogP contribution in [0.2, 0.25) is 10.0 Å².